The quantitative estimate of drug-likeness (QED) is 0.761. The number of rotatable bonds is 5. The number of methoxy groups -OCH3 is 1. The summed E-state index contributed by atoms with van der Waals surface area (Å²) < 4.78 is 10.6. The zero-order chi connectivity index (χ0) is 18.7. The van der Waals surface area contributed by atoms with E-state index >= 15 is 0 Å². The molecular weight excluding hydrogens is 374 g/mol. The molecule has 0 unspecified atom stereocenters. The molecule has 7 heteroatoms. The topological polar surface area (TPSA) is 64.6 Å². The van der Waals surface area contributed by atoms with Gasteiger partial charge in [-0.2, -0.15) is 0 Å². The highest BCUT2D eigenvalue weighted by molar-refractivity contribution is 7.17. The summed E-state index contributed by atoms with van der Waals surface area (Å²) in [7, 11) is 1.35. The maximum atomic E-state index is 12.6. The summed E-state index contributed by atoms with van der Waals surface area (Å²) in [5.74, 6) is -0.226. The largest absolute Gasteiger partial charge is 0.481 e. The zero-order valence-corrected chi connectivity index (χ0v) is 16.2. The highest BCUT2D eigenvalue weighted by Gasteiger charge is 2.28. The molecule has 0 saturated heterocycles. The smallest absolute Gasteiger partial charge is 0.341 e. The average Bonchev–Trinajstić information content (AvgIpc) is 2.98. The molecule has 1 aliphatic carbocycles. The van der Waals surface area contributed by atoms with Crippen LogP contribution in [0, 0.1) is 0 Å². The van der Waals surface area contributed by atoms with Crippen molar-refractivity contribution < 1.29 is 19.1 Å². The van der Waals surface area contributed by atoms with E-state index in [2.05, 4.69) is 5.32 Å². The lowest BCUT2D eigenvalue weighted by Crippen LogP contribution is -2.30. The van der Waals surface area contributed by atoms with Crippen LogP contribution in [0.15, 0.2) is 24.3 Å². The maximum Gasteiger partial charge on any atom is 0.341 e. The number of ether oxygens (including phenoxy) is 2. The molecule has 1 amide bonds. The second kappa shape index (κ2) is 8.10. The van der Waals surface area contributed by atoms with Crippen LogP contribution in [0.4, 0.5) is 5.00 Å². The Morgan fingerprint density at radius 1 is 1.27 bits per heavy atom. The van der Waals surface area contributed by atoms with Crippen LogP contribution in [-0.4, -0.2) is 25.1 Å². The summed E-state index contributed by atoms with van der Waals surface area (Å²) in [6.45, 7) is 1.65. The molecule has 0 saturated carbocycles. The second-order valence-corrected chi connectivity index (χ2v) is 7.65. The Bertz CT molecular complexity index is 833. The number of fused-ring (bicyclic) bond motifs is 1. The van der Waals surface area contributed by atoms with E-state index in [1.807, 2.05) is 0 Å². The van der Waals surface area contributed by atoms with Crippen LogP contribution in [0.2, 0.25) is 5.02 Å². The van der Waals surface area contributed by atoms with Crippen LogP contribution in [0.1, 0.15) is 40.6 Å². The SMILES string of the molecule is COC(=O)c1c(NC(=O)[C@H](C)Oc2cccc(Cl)c2)sc2c1CCCC2. The van der Waals surface area contributed by atoms with Crippen molar-refractivity contribution in [2.45, 2.75) is 38.7 Å². The Balaban J connectivity index is 1.78. The third-order valence-electron chi connectivity index (χ3n) is 4.28. The van der Waals surface area contributed by atoms with Gasteiger partial charge in [-0.05, 0) is 56.4 Å². The standard InChI is InChI=1S/C19H20ClNO4S/c1-11(25-13-7-5-6-12(20)10-13)17(22)21-18-16(19(23)24-2)14-8-3-4-9-15(14)26-18/h5-7,10-11H,3-4,8-9H2,1-2H3,(H,21,22)/t11-/m0/s1. The molecule has 1 N–H and O–H groups in total. The number of hydrogen-bond acceptors (Lipinski definition) is 5. The third kappa shape index (κ3) is 4.02. The van der Waals surface area contributed by atoms with E-state index in [4.69, 9.17) is 21.1 Å². The van der Waals surface area contributed by atoms with Gasteiger partial charge in [0.2, 0.25) is 0 Å². The number of nitrogens with one attached hydrogen (secondary N) is 1. The molecule has 138 valence electrons. The number of esters is 1. The Labute approximate surface area is 161 Å². The van der Waals surface area contributed by atoms with Crippen molar-refractivity contribution in [3.05, 3.63) is 45.3 Å². The first-order valence-electron chi connectivity index (χ1n) is 8.45. The number of benzene rings is 1. The lowest BCUT2D eigenvalue weighted by molar-refractivity contribution is -0.122. The first-order chi connectivity index (χ1) is 12.5. The van der Waals surface area contributed by atoms with Gasteiger partial charge in [0.05, 0.1) is 12.7 Å². The monoisotopic (exact) mass is 393 g/mol. The van der Waals surface area contributed by atoms with Gasteiger partial charge in [-0.1, -0.05) is 17.7 Å². The lowest BCUT2D eigenvalue weighted by atomic mass is 9.95. The molecule has 0 fully saturated rings. The Morgan fingerprint density at radius 2 is 2.04 bits per heavy atom. The Hall–Kier alpha value is -2.05. The van der Waals surface area contributed by atoms with Crippen molar-refractivity contribution in [2.24, 2.45) is 0 Å². The average molecular weight is 394 g/mol. The molecule has 0 aliphatic heterocycles. The minimum atomic E-state index is -0.738. The number of carbonyl (C=O) groups is 2. The second-order valence-electron chi connectivity index (χ2n) is 6.11. The molecule has 1 aliphatic rings. The van der Waals surface area contributed by atoms with E-state index in [0.717, 1.165) is 36.1 Å². The fourth-order valence-corrected chi connectivity index (χ4v) is 4.44. The summed E-state index contributed by atoms with van der Waals surface area (Å²) in [6.07, 6.45) is 3.15. The first-order valence-corrected chi connectivity index (χ1v) is 9.65. The molecule has 0 bridgehead atoms. The predicted molar refractivity (Wildman–Crippen MR) is 102 cm³/mol. The van der Waals surface area contributed by atoms with Crippen molar-refractivity contribution in [3.8, 4) is 5.75 Å². The Morgan fingerprint density at radius 3 is 2.77 bits per heavy atom. The summed E-state index contributed by atoms with van der Waals surface area (Å²) in [6, 6.07) is 6.87. The molecule has 1 aromatic heterocycles. The van der Waals surface area contributed by atoms with Crippen LogP contribution in [0.25, 0.3) is 0 Å². The number of anilines is 1. The van der Waals surface area contributed by atoms with Gasteiger partial charge in [0.25, 0.3) is 5.91 Å². The zero-order valence-electron chi connectivity index (χ0n) is 14.6. The number of carbonyl (C=O) groups excluding carboxylic acids is 2. The van der Waals surface area contributed by atoms with Crippen molar-refractivity contribution >= 4 is 39.8 Å². The molecule has 2 aromatic rings. The molecule has 5 nitrogen and oxygen atoms in total. The van der Waals surface area contributed by atoms with E-state index in [1.165, 1.54) is 18.4 Å². The molecule has 1 atom stereocenters. The van der Waals surface area contributed by atoms with Gasteiger partial charge in [0.1, 0.15) is 10.8 Å². The number of hydrogen-bond donors (Lipinski definition) is 1. The predicted octanol–water partition coefficient (Wildman–Crippen LogP) is 4.47. The molecular formula is C19H20ClNO4S. The van der Waals surface area contributed by atoms with Crippen LogP contribution in [-0.2, 0) is 22.4 Å². The maximum absolute atomic E-state index is 12.6. The van der Waals surface area contributed by atoms with Gasteiger partial charge in [0.15, 0.2) is 6.10 Å². The highest BCUT2D eigenvalue weighted by atomic mass is 35.5. The van der Waals surface area contributed by atoms with E-state index in [0.29, 0.717) is 21.3 Å². The first kappa shape index (κ1) is 18.7. The lowest BCUT2D eigenvalue weighted by Gasteiger charge is -2.15. The van der Waals surface area contributed by atoms with E-state index in [9.17, 15) is 9.59 Å². The summed E-state index contributed by atoms with van der Waals surface area (Å²) in [5.41, 5.74) is 1.49. The minimum Gasteiger partial charge on any atom is -0.481 e. The van der Waals surface area contributed by atoms with E-state index < -0.39 is 12.1 Å². The van der Waals surface area contributed by atoms with Gasteiger partial charge in [0, 0.05) is 9.90 Å². The summed E-state index contributed by atoms with van der Waals surface area (Å²) in [5, 5.41) is 3.91. The van der Waals surface area contributed by atoms with Crippen molar-refractivity contribution in [1.29, 1.82) is 0 Å². The van der Waals surface area contributed by atoms with Crippen LogP contribution >= 0.6 is 22.9 Å². The van der Waals surface area contributed by atoms with Crippen LogP contribution in [0.5, 0.6) is 5.75 Å². The Kier molecular flexibility index (Phi) is 5.84. The molecule has 1 aromatic carbocycles. The molecule has 1 heterocycles. The highest BCUT2D eigenvalue weighted by Crippen LogP contribution is 2.38. The molecule has 0 spiro atoms. The number of aryl methyl sites for hydroxylation is 1. The van der Waals surface area contributed by atoms with Gasteiger partial charge >= 0.3 is 5.97 Å². The third-order valence-corrected chi connectivity index (χ3v) is 5.72. The van der Waals surface area contributed by atoms with E-state index in [1.54, 1.807) is 31.2 Å². The number of amides is 1. The fraction of sp³-hybridized carbons (Fsp3) is 0.368. The summed E-state index contributed by atoms with van der Waals surface area (Å²) >= 11 is 7.39. The number of thiophene rings is 1. The van der Waals surface area contributed by atoms with Crippen molar-refractivity contribution in [2.75, 3.05) is 12.4 Å². The van der Waals surface area contributed by atoms with Crippen molar-refractivity contribution in [1.82, 2.24) is 0 Å². The van der Waals surface area contributed by atoms with Crippen molar-refractivity contribution in [3.63, 3.8) is 0 Å². The molecule has 26 heavy (non-hydrogen) atoms. The van der Waals surface area contributed by atoms with Gasteiger partial charge in [-0.3, -0.25) is 4.79 Å². The minimum absolute atomic E-state index is 0.325. The summed E-state index contributed by atoms with van der Waals surface area (Å²) in [4.78, 5) is 25.9. The molecule has 0 radical (unpaired) electrons. The fourth-order valence-electron chi connectivity index (χ4n) is 2.98. The van der Waals surface area contributed by atoms with Crippen LogP contribution in [0.3, 0.4) is 0 Å². The van der Waals surface area contributed by atoms with Crippen LogP contribution < -0.4 is 10.1 Å². The number of halogens is 1. The van der Waals surface area contributed by atoms with Gasteiger partial charge < -0.3 is 14.8 Å². The van der Waals surface area contributed by atoms with Gasteiger partial charge in [-0.15, -0.1) is 11.3 Å². The van der Waals surface area contributed by atoms with E-state index in [-0.39, 0.29) is 5.91 Å². The van der Waals surface area contributed by atoms with Gasteiger partial charge in [-0.25, -0.2) is 4.79 Å². The normalized spacial score (nSPS) is 14.3. The molecule has 3 rings (SSSR count).